The number of benzene rings is 2. The molecule has 0 aromatic heterocycles. The standard InChI is InChI=1S/C19H20Cl2N2O2S/c1-19(2,3)12-4-7-14(8-5-12)25-11-17(24)23-18(26)22-13-6-9-15(20)16(21)10-13/h4-10H,11H2,1-3H3,(H2,22,23,24,26). The van der Waals surface area contributed by atoms with Crippen LogP contribution in [0.2, 0.25) is 10.0 Å². The van der Waals surface area contributed by atoms with Crippen LogP contribution in [-0.2, 0) is 10.2 Å². The first-order valence-electron chi connectivity index (χ1n) is 7.94. The van der Waals surface area contributed by atoms with E-state index in [0.717, 1.165) is 0 Å². The number of ether oxygens (including phenoxy) is 1. The summed E-state index contributed by atoms with van der Waals surface area (Å²) in [5.74, 6) is 0.263. The maximum atomic E-state index is 12.0. The van der Waals surface area contributed by atoms with Crippen molar-refractivity contribution in [2.24, 2.45) is 0 Å². The lowest BCUT2D eigenvalue weighted by molar-refractivity contribution is -0.121. The van der Waals surface area contributed by atoms with Crippen molar-refractivity contribution in [1.82, 2.24) is 5.32 Å². The Morgan fingerprint density at radius 1 is 1.08 bits per heavy atom. The molecule has 0 bridgehead atoms. The van der Waals surface area contributed by atoms with E-state index in [1.54, 1.807) is 18.2 Å². The van der Waals surface area contributed by atoms with Crippen molar-refractivity contribution in [3.8, 4) is 5.75 Å². The Morgan fingerprint density at radius 3 is 2.31 bits per heavy atom. The van der Waals surface area contributed by atoms with Gasteiger partial charge in [0.25, 0.3) is 5.91 Å². The summed E-state index contributed by atoms with van der Waals surface area (Å²) in [6.07, 6.45) is 0. The number of halogens is 2. The van der Waals surface area contributed by atoms with Crippen LogP contribution < -0.4 is 15.4 Å². The molecular formula is C19H20Cl2N2O2S. The average molecular weight is 411 g/mol. The van der Waals surface area contributed by atoms with E-state index in [-0.39, 0.29) is 23.0 Å². The van der Waals surface area contributed by atoms with E-state index in [4.69, 9.17) is 40.2 Å². The number of anilines is 1. The van der Waals surface area contributed by atoms with Gasteiger partial charge in [-0.3, -0.25) is 10.1 Å². The van der Waals surface area contributed by atoms with E-state index < -0.39 is 0 Å². The minimum atomic E-state index is -0.359. The van der Waals surface area contributed by atoms with E-state index >= 15 is 0 Å². The highest BCUT2D eigenvalue weighted by Gasteiger charge is 2.13. The fourth-order valence-electron chi connectivity index (χ4n) is 2.10. The highest BCUT2D eigenvalue weighted by molar-refractivity contribution is 7.80. The zero-order valence-corrected chi connectivity index (χ0v) is 17.1. The van der Waals surface area contributed by atoms with Crippen molar-refractivity contribution in [2.45, 2.75) is 26.2 Å². The van der Waals surface area contributed by atoms with Crippen LogP contribution in [0.15, 0.2) is 42.5 Å². The highest BCUT2D eigenvalue weighted by atomic mass is 35.5. The molecule has 0 saturated carbocycles. The van der Waals surface area contributed by atoms with Crippen molar-refractivity contribution in [3.63, 3.8) is 0 Å². The Kier molecular flexibility index (Phi) is 6.87. The number of thiocarbonyl (C=S) groups is 1. The molecule has 0 aliphatic rings. The van der Waals surface area contributed by atoms with Gasteiger partial charge in [0, 0.05) is 5.69 Å². The molecule has 26 heavy (non-hydrogen) atoms. The highest BCUT2D eigenvalue weighted by Crippen LogP contribution is 2.25. The molecule has 2 aromatic rings. The maximum Gasteiger partial charge on any atom is 0.264 e. The molecule has 2 aromatic carbocycles. The van der Waals surface area contributed by atoms with Crippen molar-refractivity contribution >= 4 is 52.1 Å². The van der Waals surface area contributed by atoms with Crippen LogP contribution in [0, 0.1) is 0 Å². The van der Waals surface area contributed by atoms with Crippen molar-refractivity contribution in [3.05, 3.63) is 58.1 Å². The van der Waals surface area contributed by atoms with Gasteiger partial charge in [0.1, 0.15) is 5.75 Å². The third-order valence-corrected chi connectivity index (χ3v) is 4.46. The summed E-state index contributed by atoms with van der Waals surface area (Å²) < 4.78 is 5.48. The SMILES string of the molecule is CC(C)(C)c1ccc(OCC(=O)NC(=S)Nc2ccc(Cl)c(Cl)c2)cc1. The third kappa shape index (κ3) is 6.16. The Hall–Kier alpha value is -1.82. The summed E-state index contributed by atoms with van der Waals surface area (Å²) in [6, 6.07) is 12.6. The molecule has 0 fully saturated rings. The van der Waals surface area contributed by atoms with Gasteiger partial charge in [-0.05, 0) is 53.5 Å². The van der Waals surface area contributed by atoms with Gasteiger partial charge >= 0.3 is 0 Å². The summed E-state index contributed by atoms with van der Waals surface area (Å²) in [5, 5.41) is 6.40. The first-order chi connectivity index (χ1) is 12.1. The lowest BCUT2D eigenvalue weighted by atomic mass is 9.87. The van der Waals surface area contributed by atoms with E-state index in [0.29, 0.717) is 21.5 Å². The molecule has 2 rings (SSSR count). The minimum Gasteiger partial charge on any atom is -0.484 e. The van der Waals surface area contributed by atoms with Gasteiger partial charge in [0.15, 0.2) is 11.7 Å². The van der Waals surface area contributed by atoms with Crippen LogP contribution in [0.25, 0.3) is 0 Å². The van der Waals surface area contributed by atoms with Gasteiger partial charge in [0.2, 0.25) is 0 Å². The molecule has 2 N–H and O–H groups in total. The summed E-state index contributed by atoms with van der Waals surface area (Å²) in [5.41, 5.74) is 1.89. The molecule has 1 amide bonds. The normalized spacial score (nSPS) is 11.0. The Morgan fingerprint density at radius 2 is 1.73 bits per heavy atom. The van der Waals surface area contributed by atoms with E-state index in [1.165, 1.54) is 5.56 Å². The summed E-state index contributed by atoms with van der Waals surface area (Å²) in [4.78, 5) is 12.0. The molecular weight excluding hydrogens is 391 g/mol. The first-order valence-corrected chi connectivity index (χ1v) is 9.11. The van der Waals surface area contributed by atoms with Gasteiger partial charge in [-0.25, -0.2) is 0 Å². The van der Waals surface area contributed by atoms with Gasteiger partial charge < -0.3 is 10.1 Å². The zero-order chi connectivity index (χ0) is 19.3. The number of hydrogen-bond donors (Lipinski definition) is 2. The molecule has 138 valence electrons. The predicted octanol–water partition coefficient (Wildman–Crippen LogP) is 5.18. The fraction of sp³-hybridized carbons (Fsp3) is 0.263. The number of carbonyl (C=O) groups excluding carboxylic acids is 1. The summed E-state index contributed by atoms with van der Waals surface area (Å²) >= 11 is 16.9. The molecule has 7 heteroatoms. The fourth-order valence-corrected chi connectivity index (χ4v) is 2.63. The van der Waals surface area contributed by atoms with Gasteiger partial charge in [-0.15, -0.1) is 0 Å². The second-order valence-electron chi connectivity index (χ2n) is 6.69. The van der Waals surface area contributed by atoms with Crippen LogP contribution >= 0.6 is 35.4 Å². The number of nitrogens with one attached hydrogen (secondary N) is 2. The lowest BCUT2D eigenvalue weighted by Gasteiger charge is -2.19. The second-order valence-corrected chi connectivity index (χ2v) is 7.92. The Balaban J connectivity index is 1.82. The van der Waals surface area contributed by atoms with Gasteiger partial charge in [-0.2, -0.15) is 0 Å². The molecule has 0 unspecified atom stereocenters. The topological polar surface area (TPSA) is 50.4 Å². The molecule has 0 heterocycles. The molecule has 0 atom stereocenters. The van der Waals surface area contributed by atoms with Gasteiger partial charge in [0.05, 0.1) is 10.0 Å². The van der Waals surface area contributed by atoms with Crippen molar-refractivity contribution in [1.29, 1.82) is 0 Å². The molecule has 0 saturated heterocycles. The molecule has 0 aliphatic heterocycles. The van der Waals surface area contributed by atoms with Crippen LogP contribution in [-0.4, -0.2) is 17.6 Å². The summed E-state index contributed by atoms with van der Waals surface area (Å²) in [6.45, 7) is 6.27. The molecule has 0 aliphatic carbocycles. The smallest absolute Gasteiger partial charge is 0.264 e. The van der Waals surface area contributed by atoms with Crippen molar-refractivity contribution in [2.75, 3.05) is 11.9 Å². The lowest BCUT2D eigenvalue weighted by Crippen LogP contribution is -2.37. The molecule has 0 spiro atoms. The van der Waals surface area contributed by atoms with E-state index in [9.17, 15) is 4.79 Å². The van der Waals surface area contributed by atoms with Crippen LogP contribution in [0.4, 0.5) is 5.69 Å². The zero-order valence-electron chi connectivity index (χ0n) is 14.7. The second kappa shape index (κ2) is 8.71. The van der Waals surface area contributed by atoms with Crippen LogP contribution in [0.5, 0.6) is 5.75 Å². The summed E-state index contributed by atoms with van der Waals surface area (Å²) in [7, 11) is 0. The largest absolute Gasteiger partial charge is 0.484 e. The number of hydrogen-bond acceptors (Lipinski definition) is 3. The quantitative estimate of drug-likeness (QED) is 0.681. The van der Waals surface area contributed by atoms with E-state index in [1.807, 2.05) is 24.3 Å². The minimum absolute atomic E-state index is 0.0678. The third-order valence-electron chi connectivity index (χ3n) is 3.52. The van der Waals surface area contributed by atoms with Crippen LogP contribution in [0.1, 0.15) is 26.3 Å². The number of amides is 1. The van der Waals surface area contributed by atoms with Crippen LogP contribution in [0.3, 0.4) is 0 Å². The first kappa shape index (κ1) is 20.5. The molecule has 4 nitrogen and oxygen atoms in total. The molecule has 0 radical (unpaired) electrons. The van der Waals surface area contributed by atoms with E-state index in [2.05, 4.69) is 31.4 Å². The number of carbonyl (C=O) groups is 1. The van der Waals surface area contributed by atoms with Crippen molar-refractivity contribution < 1.29 is 9.53 Å². The maximum absolute atomic E-state index is 12.0. The predicted molar refractivity (Wildman–Crippen MR) is 111 cm³/mol. The van der Waals surface area contributed by atoms with Gasteiger partial charge in [-0.1, -0.05) is 56.1 Å². The average Bonchev–Trinajstić information content (AvgIpc) is 2.56. The Bertz CT molecular complexity index is 802. The monoisotopic (exact) mass is 410 g/mol. The Labute approximate surface area is 168 Å². The number of rotatable bonds is 4.